The highest BCUT2D eigenvalue weighted by Crippen LogP contribution is 2.69. The van der Waals surface area contributed by atoms with Gasteiger partial charge in [-0.3, -0.25) is 9.36 Å². The number of hydrogen-bond donors (Lipinski definition) is 3. The summed E-state index contributed by atoms with van der Waals surface area (Å²) in [6.45, 7) is 4.20. The van der Waals surface area contributed by atoms with E-state index in [1.807, 2.05) is 6.92 Å². The van der Waals surface area contributed by atoms with Crippen LogP contribution >= 0.6 is 7.60 Å². The van der Waals surface area contributed by atoms with E-state index in [0.717, 1.165) is 44.1 Å². The molecule has 4 rings (SSSR count). The van der Waals surface area contributed by atoms with Crippen LogP contribution in [-0.4, -0.2) is 32.4 Å². The minimum Gasteiger partial charge on any atom is -0.393 e. The van der Waals surface area contributed by atoms with Crippen molar-refractivity contribution in [2.75, 3.05) is 0 Å². The fourth-order valence-corrected chi connectivity index (χ4v) is 8.52. The van der Waals surface area contributed by atoms with Crippen LogP contribution in [0.1, 0.15) is 58.8 Å². The molecule has 1 unspecified atom stereocenters. The fourth-order valence-electron chi connectivity index (χ4n) is 7.05. The molecule has 140 valence electrons. The Balaban J connectivity index is 1.77. The third-order valence-electron chi connectivity index (χ3n) is 8.42. The first kappa shape index (κ1) is 17.9. The predicted octanol–water partition coefficient (Wildman–Crippen LogP) is 3.04. The minimum absolute atomic E-state index is 0.0436. The van der Waals surface area contributed by atoms with Gasteiger partial charge in [0.25, 0.3) is 0 Å². The lowest BCUT2D eigenvalue weighted by Crippen LogP contribution is -2.55. The summed E-state index contributed by atoms with van der Waals surface area (Å²) in [5, 5.41) is 10.5. The molecule has 0 aromatic rings. The molecule has 4 aliphatic rings. The van der Waals surface area contributed by atoms with E-state index in [9.17, 15) is 24.3 Å². The second-order valence-corrected chi connectivity index (χ2v) is 11.1. The molecule has 25 heavy (non-hydrogen) atoms. The van der Waals surface area contributed by atoms with Crippen LogP contribution in [0.15, 0.2) is 11.6 Å². The number of rotatable bonds is 1. The van der Waals surface area contributed by atoms with Crippen LogP contribution in [0.25, 0.3) is 0 Å². The van der Waals surface area contributed by atoms with Gasteiger partial charge in [-0.05, 0) is 67.8 Å². The number of aliphatic hydroxyl groups is 1. The molecule has 0 spiro atoms. The highest BCUT2D eigenvalue weighted by Gasteiger charge is 2.63. The van der Waals surface area contributed by atoms with E-state index in [2.05, 4.69) is 6.92 Å². The smallest absolute Gasteiger partial charge is 0.329 e. The predicted molar refractivity (Wildman–Crippen MR) is 93.9 cm³/mol. The molecule has 5 nitrogen and oxygen atoms in total. The molecule has 0 radical (unpaired) electrons. The zero-order valence-electron chi connectivity index (χ0n) is 15.0. The van der Waals surface area contributed by atoms with Gasteiger partial charge in [0.15, 0.2) is 5.78 Å². The van der Waals surface area contributed by atoms with Gasteiger partial charge in [0.2, 0.25) is 0 Å². The number of allylic oxidation sites excluding steroid dienone is 1. The summed E-state index contributed by atoms with van der Waals surface area (Å²) < 4.78 is 12.3. The van der Waals surface area contributed by atoms with Crippen LogP contribution in [0, 0.1) is 28.6 Å². The molecule has 3 fully saturated rings. The Kier molecular flexibility index (Phi) is 3.95. The van der Waals surface area contributed by atoms with Crippen molar-refractivity contribution in [3.8, 4) is 0 Å². The van der Waals surface area contributed by atoms with Gasteiger partial charge in [0.05, 0.1) is 11.8 Å². The molecule has 7 atom stereocenters. The summed E-state index contributed by atoms with van der Waals surface area (Å²) in [7, 11) is -4.36. The van der Waals surface area contributed by atoms with E-state index in [0.29, 0.717) is 11.8 Å². The molecule has 0 saturated heterocycles. The van der Waals surface area contributed by atoms with Crippen LogP contribution in [0.5, 0.6) is 0 Å². The number of carbonyl (C=O) groups is 1. The third-order valence-corrected chi connectivity index (χ3v) is 9.96. The summed E-state index contributed by atoms with van der Waals surface area (Å²) in [5.41, 5.74) is -0.581. The van der Waals surface area contributed by atoms with Gasteiger partial charge in [-0.15, -0.1) is 0 Å². The first-order valence-corrected chi connectivity index (χ1v) is 11.2. The number of ketones is 1. The lowest BCUT2D eigenvalue weighted by Gasteiger charge is -2.59. The van der Waals surface area contributed by atoms with E-state index < -0.39 is 18.7 Å². The Morgan fingerprint density at radius 2 is 1.84 bits per heavy atom. The zero-order chi connectivity index (χ0) is 18.2. The SMILES string of the molecule is C[C@]12CC[C@H]3[C@@H](CCC4=CC(=O)CC(P(=O)(O)O)[C@@]43C)[C@@H]1CC[C@@H]2O. The van der Waals surface area contributed by atoms with Gasteiger partial charge in [-0.1, -0.05) is 19.4 Å². The quantitative estimate of drug-likeness (QED) is 0.619. The molecule has 4 aliphatic carbocycles. The first-order chi connectivity index (χ1) is 11.6. The Labute approximate surface area is 149 Å². The maximum atomic E-state index is 12.3. The summed E-state index contributed by atoms with van der Waals surface area (Å²) in [5.74, 6) is 0.868. The van der Waals surface area contributed by atoms with Crippen LogP contribution in [0.4, 0.5) is 0 Å². The van der Waals surface area contributed by atoms with Gasteiger partial charge in [0.1, 0.15) is 0 Å². The maximum Gasteiger partial charge on any atom is 0.329 e. The summed E-state index contributed by atoms with van der Waals surface area (Å²) in [6, 6.07) is 0. The second kappa shape index (κ2) is 5.51. The Morgan fingerprint density at radius 1 is 1.12 bits per heavy atom. The van der Waals surface area contributed by atoms with Gasteiger partial charge in [-0.25, -0.2) is 0 Å². The van der Waals surface area contributed by atoms with E-state index in [-0.39, 0.29) is 29.6 Å². The second-order valence-electron chi connectivity index (χ2n) is 9.28. The van der Waals surface area contributed by atoms with Crippen molar-refractivity contribution in [3.63, 3.8) is 0 Å². The van der Waals surface area contributed by atoms with Crippen molar-refractivity contribution < 1.29 is 24.3 Å². The van der Waals surface area contributed by atoms with E-state index >= 15 is 0 Å². The Morgan fingerprint density at radius 3 is 2.52 bits per heavy atom. The summed E-state index contributed by atoms with van der Waals surface area (Å²) in [6.07, 6.45) is 6.74. The van der Waals surface area contributed by atoms with Crippen molar-refractivity contribution in [1.29, 1.82) is 0 Å². The van der Waals surface area contributed by atoms with Crippen LogP contribution < -0.4 is 0 Å². The molecule has 0 amide bonds. The maximum absolute atomic E-state index is 12.3. The highest BCUT2D eigenvalue weighted by molar-refractivity contribution is 7.52. The average Bonchev–Trinajstić information content (AvgIpc) is 2.82. The van der Waals surface area contributed by atoms with Crippen LogP contribution in [0.2, 0.25) is 0 Å². The van der Waals surface area contributed by atoms with E-state index in [1.165, 1.54) is 0 Å². The van der Waals surface area contributed by atoms with Crippen LogP contribution in [-0.2, 0) is 9.36 Å². The normalized spacial score (nSPS) is 49.9. The molecular formula is C19H29O5P. The van der Waals surface area contributed by atoms with Crippen molar-refractivity contribution >= 4 is 13.4 Å². The molecule has 0 bridgehead atoms. The Bertz CT molecular complexity index is 681. The third kappa shape index (κ3) is 2.39. The number of hydrogen-bond acceptors (Lipinski definition) is 3. The van der Waals surface area contributed by atoms with E-state index in [1.54, 1.807) is 6.08 Å². The molecule has 3 saturated carbocycles. The first-order valence-electron chi connectivity index (χ1n) is 9.55. The summed E-state index contributed by atoms with van der Waals surface area (Å²) in [4.78, 5) is 32.2. The molecule has 3 N–H and O–H groups in total. The van der Waals surface area contributed by atoms with Gasteiger partial charge >= 0.3 is 7.60 Å². The molecule has 6 heteroatoms. The fraction of sp³-hybridized carbons (Fsp3) is 0.842. The molecule has 0 aliphatic heterocycles. The van der Waals surface area contributed by atoms with Gasteiger partial charge in [0, 0.05) is 11.8 Å². The lowest BCUT2D eigenvalue weighted by atomic mass is 9.47. The number of aliphatic hydroxyl groups excluding tert-OH is 1. The summed E-state index contributed by atoms with van der Waals surface area (Å²) >= 11 is 0. The monoisotopic (exact) mass is 368 g/mol. The lowest BCUT2D eigenvalue weighted by molar-refractivity contribution is -0.118. The topological polar surface area (TPSA) is 94.8 Å². The zero-order valence-corrected chi connectivity index (χ0v) is 15.9. The largest absolute Gasteiger partial charge is 0.393 e. The molecule has 0 aromatic carbocycles. The highest BCUT2D eigenvalue weighted by atomic mass is 31.2. The van der Waals surface area contributed by atoms with Gasteiger partial charge in [-0.2, -0.15) is 0 Å². The van der Waals surface area contributed by atoms with Crippen molar-refractivity contribution in [3.05, 3.63) is 11.6 Å². The minimum atomic E-state index is -4.36. The van der Waals surface area contributed by atoms with Gasteiger partial charge < -0.3 is 14.9 Å². The molecular weight excluding hydrogens is 339 g/mol. The molecule has 0 heterocycles. The van der Waals surface area contributed by atoms with Crippen molar-refractivity contribution in [1.82, 2.24) is 0 Å². The Hall–Kier alpha value is -0.480. The average molecular weight is 368 g/mol. The van der Waals surface area contributed by atoms with E-state index in [4.69, 9.17) is 0 Å². The molecule has 0 aromatic heterocycles. The van der Waals surface area contributed by atoms with Crippen LogP contribution in [0.3, 0.4) is 0 Å². The standard InChI is InChI=1S/C19H29O5P/c1-18-8-7-15-13(14(18)5-6-16(18)21)4-3-11-9-12(20)10-17(19(11,15)2)25(22,23)24/h9,13-17,21H,3-8,10H2,1-2H3,(H2,22,23,24)/t13-,14-,15-,16-,17?,18-,19-/m0/s1. The number of carbonyl (C=O) groups excluding carboxylic acids is 1. The van der Waals surface area contributed by atoms with Crippen molar-refractivity contribution in [2.24, 2.45) is 28.6 Å². The van der Waals surface area contributed by atoms with Crippen molar-refractivity contribution in [2.45, 2.75) is 70.6 Å². The number of fused-ring (bicyclic) bond motifs is 5.